The topological polar surface area (TPSA) is 88.9 Å². The smallest absolute Gasteiger partial charge is 0.234 e. The van der Waals surface area contributed by atoms with E-state index in [0.29, 0.717) is 38.9 Å². The zero-order valence-electron chi connectivity index (χ0n) is 16.6. The van der Waals surface area contributed by atoms with E-state index in [1.165, 1.54) is 11.8 Å². The highest BCUT2D eigenvalue weighted by atomic mass is 35.5. The highest BCUT2D eigenvalue weighted by molar-refractivity contribution is 7.99. The van der Waals surface area contributed by atoms with Crippen molar-refractivity contribution >= 4 is 69.8 Å². The zero-order valence-corrected chi connectivity index (χ0v) is 19.7. The molecule has 0 aliphatic heterocycles. The van der Waals surface area contributed by atoms with Gasteiger partial charge < -0.3 is 15.2 Å². The number of amides is 2. The summed E-state index contributed by atoms with van der Waals surface area (Å²) in [6, 6.07) is 11.8. The first-order valence-electron chi connectivity index (χ1n) is 9.32. The number of thioether (sulfide) groups is 1. The van der Waals surface area contributed by atoms with E-state index in [1.807, 2.05) is 0 Å². The number of rotatable bonds is 9. The molecule has 0 fully saturated rings. The summed E-state index contributed by atoms with van der Waals surface area (Å²) in [5.74, 6) is -0.0174. The van der Waals surface area contributed by atoms with Gasteiger partial charge in [-0.3, -0.25) is 9.59 Å². The summed E-state index contributed by atoms with van der Waals surface area (Å²) >= 11 is 19.1. The number of anilines is 2. The number of nitrogens with zero attached hydrogens (tertiary/aromatic N) is 3. The second-order valence-electron chi connectivity index (χ2n) is 6.47. The molecular weight excluding hydrogens is 493 g/mol. The van der Waals surface area contributed by atoms with E-state index in [4.69, 9.17) is 34.8 Å². The monoisotopic (exact) mass is 509 g/mol. The van der Waals surface area contributed by atoms with Crippen LogP contribution in [0, 0.1) is 0 Å². The van der Waals surface area contributed by atoms with E-state index >= 15 is 0 Å². The fourth-order valence-electron chi connectivity index (χ4n) is 2.67. The summed E-state index contributed by atoms with van der Waals surface area (Å²) in [6.45, 7) is 4.13. The third-order valence-corrected chi connectivity index (χ3v) is 6.15. The van der Waals surface area contributed by atoms with Gasteiger partial charge in [-0.25, -0.2) is 0 Å². The van der Waals surface area contributed by atoms with Crippen LogP contribution in [0.25, 0.3) is 0 Å². The number of carbonyl (C=O) groups is 2. The largest absolute Gasteiger partial charge is 0.326 e. The van der Waals surface area contributed by atoms with Gasteiger partial charge in [-0.15, -0.1) is 16.8 Å². The lowest BCUT2D eigenvalue weighted by Gasteiger charge is -2.09. The molecule has 7 nitrogen and oxygen atoms in total. The predicted molar refractivity (Wildman–Crippen MR) is 130 cm³/mol. The summed E-state index contributed by atoms with van der Waals surface area (Å²) in [4.78, 5) is 24.8. The second kappa shape index (κ2) is 11.4. The van der Waals surface area contributed by atoms with Crippen LogP contribution in [0.3, 0.4) is 0 Å². The van der Waals surface area contributed by atoms with Crippen molar-refractivity contribution in [1.29, 1.82) is 0 Å². The molecule has 0 saturated carbocycles. The number of allylic oxidation sites excluding steroid dienone is 1. The molecule has 0 spiro atoms. The molecule has 3 rings (SSSR count). The number of halogens is 3. The lowest BCUT2D eigenvalue weighted by molar-refractivity contribution is -0.116. The normalized spacial score (nSPS) is 10.6. The highest BCUT2D eigenvalue weighted by Gasteiger charge is 2.17. The summed E-state index contributed by atoms with van der Waals surface area (Å²) in [5, 5.41) is 15.4. The van der Waals surface area contributed by atoms with Gasteiger partial charge in [0.2, 0.25) is 11.8 Å². The van der Waals surface area contributed by atoms with Crippen LogP contribution in [-0.4, -0.2) is 32.3 Å². The minimum absolute atomic E-state index is 0.00828. The molecular formula is C21H18Cl3N5O2S. The van der Waals surface area contributed by atoms with E-state index < -0.39 is 0 Å². The number of carbonyl (C=O) groups excluding carboxylic acids is 2. The minimum Gasteiger partial charge on any atom is -0.326 e. The van der Waals surface area contributed by atoms with Crippen LogP contribution in [-0.2, 0) is 22.6 Å². The first-order chi connectivity index (χ1) is 15.4. The molecule has 0 aliphatic rings. The van der Waals surface area contributed by atoms with E-state index in [-0.39, 0.29) is 29.0 Å². The van der Waals surface area contributed by atoms with Gasteiger partial charge in [0.1, 0.15) is 5.82 Å². The molecule has 166 valence electrons. The summed E-state index contributed by atoms with van der Waals surface area (Å²) < 4.78 is 1.73. The van der Waals surface area contributed by atoms with Crippen LogP contribution < -0.4 is 10.6 Å². The fraction of sp³-hybridized carbons (Fsp3) is 0.143. The third kappa shape index (κ3) is 6.49. The Bertz CT molecular complexity index is 1130. The Morgan fingerprint density at radius 1 is 1.03 bits per heavy atom. The van der Waals surface area contributed by atoms with Crippen LogP contribution >= 0.6 is 46.6 Å². The molecule has 0 aliphatic carbocycles. The lowest BCUT2D eigenvalue weighted by Crippen LogP contribution is -2.18. The van der Waals surface area contributed by atoms with Gasteiger partial charge in [-0.2, -0.15) is 0 Å². The summed E-state index contributed by atoms with van der Waals surface area (Å²) in [6.07, 6.45) is 1.67. The Labute approximate surface area is 204 Å². The van der Waals surface area contributed by atoms with Gasteiger partial charge in [-0.05, 0) is 36.4 Å². The van der Waals surface area contributed by atoms with E-state index in [2.05, 4.69) is 27.4 Å². The number of hydrogen-bond acceptors (Lipinski definition) is 5. The molecule has 1 heterocycles. The van der Waals surface area contributed by atoms with Crippen molar-refractivity contribution in [1.82, 2.24) is 14.8 Å². The molecule has 2 amide bonds. The van der Waals surface area contributed by atoms with Gasteiger partial charge in [-0.1, -0.05) is 58.7 Å². The van der Waals surface area contributed by atoms with Crippen molar-refractivity contribution in [2.45, 2.75) is 18.1 Å². The van der Waals surface area contributed by atoms with Crippen molar-refractivity contribution < 1.29 is 9.59 Å². The molecule has 1 aromatic heterocycles. The van der Waals surface area contributed by atoms with Gasteiger partial charge in [0.15, 0.2) is 5.16 Å². The molecule has 3 aromatic rings. The standard InChI is InChI=1S/C21H18Cl3N5O2S/c1-2-10-29-17(11-18(30)25-14-8-6-13(22)7-9-14)27-28-21(29)32-12-19(31)26-16-5-3-4-15(23)20(16)24/h2-9H,1,10-12H2,(H,25,30)(H,26,31). The first kappa shape index (κ1) is 24.1. The van der Waals surface area contributed by atoms with E-state index in [0.717, 1.165) is 0 Å². The van der Waals surface area contributed by atoms with Crippen molar-refractivity contribution in [3.8, 4) is 0 Å². The van der Waals surface area contributed by atoms with Gasteiger partial charge in [0.05, 0.1) is 27.9 Å². The van der Waals surface area contributed by atoms with Crippen molar-refractivity contribution in [2.24, 2.45) is 0 Å². The van der Waals surface area contributed by atoms with E-state index in [9.17, 15) is 9.59 Å². The zero-order chi connectivity index (χ0) is 23.1. The highest BCUT2D eigenvalue weighted by Crippen LogP contribution is 2.29. The maximum absolute atomic E-state index is 12.4. The summed E-state index contributed by atoms with van der Waals surface area (Å²) in [5.41, 5.74) is 1.05. The number of hydrogen-bond donors (Lipinski definition) is 2. The van der Waals surface area contributed by atoms with Crippen LogP contribution in [0.5, 0.6) is 0 Å². The first-order valence-corrected chi connectivity index (χ1v) is 11.4. The SMILES string of the molecule is C=CCn1c(CC(=O)Nc2ccc(Cl)cc2)nnc1SCC(=O)Nc1cccc(Cl)c1Cl. The molecule has 0 bridgehead atoms. The molecule has 0 unspecified atom stereocenters. The van der Waals surface area contributed by atoms with Crippen LogP contribution in [0.4, 0.5) is 11.4 Å². The Morgan fingerprint density at radius 2 is 1.78 bits per heavy atom. The summed E-state index contributed by atoms with van der Waals surface area (Å²) in [7, 11) is 0. The molecule has 2 N–H and O–H groups in total. The molecule has 0 saturated heterocycles. The Hall–Kier alpha value is -2.52. The Kier molecular flexibility index (Phi) is 8.58. The van der Waals surface area contributed by atoms with Crippen molar-refractivity contribution in [3.05, 3.63) is 76.0 Å². The van der Waals surface area contributed by atoms with Crippen molar-refractivity contribution in [2.75, 3.05) is 16.4 Å². The fourth-order valence-corrected chi connectivity index (χ4v) is 3.91. The van der Waals surface area contributed by atoms with Crippen LogP contribution in [0.2, 0.25) is 15.1 Å². The van der Waals surface area contributed by atoms with Gasteiger partial charge >= 0.3 is 0 Å². The lowest BCUT2D eigenvalue weighted by atomic mass is 10.3. The quantitative estimate of drug-likeness (QED) is 0.300. The molecule has 32 heavy (non-hydrogen) atoms. The van der Waals surface area contributed by atoms with Crippen LogP contribution in [0.15, 0.2) is 60.3 Å². The number of aromatic nitrogens is 3. The Balaban J connectivity index is 1.62. The average Bonchev–Trinajstić information content (AvgIpc) is 3.13. The molecule has 0 atom stereocenters. The Morgan fingerprint density at radius 3 is 2.50 bits per heavy atom. The van der Waals surface area contributed by atoms with E-state index in [1.54, 1.807) is 53.1 Å². The molecule has 2 aromatic carbocycles. The molecule has 0 radical (unpaired) electrons. The van der Waals surface area contributed by atoms with Gasteiger partial charge in [0.25, 0.3) is 0 Å². The molecule has 11 heteroatoms. The maximum Gasteiger partial charge on any atom is 0.234 e. The van der Waals surface area contributed by atoms with Gasteiger partial charge in [0, 0.05) is 17.3 Å². The second-order valence-corrected chi connectivity index (χ2v) is 8.63. The number of benzene rings is 2. The minimum atomic E-state index is -0.283. The van der Waals surface area contributed by atoms with Crippen molar-refractivity contribution in [3.63, 3.8) is 0 Å². The predicted octanol–water partition coefficient (Wildman–Crippen LogP) is 5.34. The average molecular weight is 511 g/mol. The third-order valence-electron chi connectivity index (χ3n) is 4.11. The van der Waals surface area contributed by atoms with Crippen LogP contribution in [0.1, 0.15) is 5.82 Å². The number of nitrogens with one attached hydrogen (secondary N) is 2. The maximum atomic E-state index is 12.4.